The standard InChI is InChI=1S/C4H10O.2C3H6O2/c1-2-3-4-5;2*1-2-3(4)5/h5H,2-4H2,1H3;2*2H2,1H3,(H,4,5). The number of carbonyl (C=O) groups is 2. The maximum Gasteiger partial charge on any atom is 0.303 e. The summed E-state index contributed by atoms with van der Waals surface area (Å²) < 4.78 is 0. The van der Waals surface area contributed by atoms with Gasteiger partial charge in [0.2, 0.25) is 0 Å². The number of unbranched alkanes of at least 4 members (excludes halogenated alkanes) is 1. The van der Waals surface area contributed by atoms with E-state index >= 15 is 0 Å². The normalized spacial score (nSPS) is 7.73. The second-order valence-corrected chi connectivity index (χ2v) is 2.57. The second-order valence-electron chi connectivity index (χ2n) is 2.57. The fraction of sp³-hybridized carbons (Fsp3) is 0.800. The summed E-state index contributed by atoms with van der Waals surface area (Å²) in [5.41, 5.74) is 0. The third-order valence-corrected chi connectivity index (χ3v) is 1.12. The molecule has 5 heteroatoms. The van der Waals surface area contributed by atoms with Gasteiger partial charge in [-0.2, -0.15) is 0 Å². The first-order valence-electron chi connectivity index (χ1n) is 5.00. The molecule has 0 aromatic rings. The molecule has 0 aliphatic rings. The van der Waals surface area contributed by atoms with E-state index in [0.29, 0.717) is 6.61 Å². The van der Waals surface area contributed by atoms with E-state index in [0.717, 1.165) is 12.8 Å². The summed E-state index contributed by atoms with van der Waals surface area (Å²) in [6.07, 6.45) is 2.48. The van der Waals surface area contributed by atoms with E-state index in [9.17, 15) is 9.59 Å². The second kappa shape index (κ2) is 18.6. The van der Waals surface area contributed by atoms with Gasteiger partial charge in [-0.25, -0.2) is 0 Å². The van der Waals surface area contributed by atoms with Crippen LogP contribution in [0.3, 0.4) is 0 Å². The van der Waals surface area contributed by atoms with Crippen molar-refractivity contribution >= 4 is 11.9 Å². The molecular weight excluding hydrogens is 200 g/mol. The summed E-state index contributed by atoms with van der Waals surface area (Å²) >= 11 is 0. The van der Waals surface area contributed by atoms with E-state index < -0.39 is 11.9 Å². The number of aliphatic hydroxyl groups is 1. The van der Waals surface area contributed by atoms with Crippen molar-refractivity contribution in [1.82, 2.24) is 0 Å². The van der Waals surface area contributed by atoms with Gasteiger partial charge < -0.3 is 15.3 Å². The smallest absolute Gasteiger partial charge is 0.303 e. The van der Waals surface area contributed by atoms with Crippen molar-refractivity contribution in [1.29, 1.82) is 0 Å². The van der Waals surface area contributed by atoms with Crippen molar-refractivity contribution in [2.45, 2.75) is 46.5 Å². The molecule has 0 aliphatic carbocycles. The molecule has 0 bridgehead atoms. The molecule has 0 radical (unpaired) electrons. The van der Waals surface area contributed by atoms with Crippen LogP contribution in [0.25, 0.3) is 0 Å². The van der Waals surface area contributed by atoms with Crippen molar-refractivity contribution in [3.8, 4) is 0 Å². The third-order valence-electron chi connectivity index (χ3n) is 1.12. The van der Waals surface area contributed by atoms with Crippen molar-refractivity contribution in [3.63, 3.8) is 0 Å². The summed E-state index contributed by atoms with van der Waals surface area (Å²) in [6, 6.07) is 0. The van der Waals surface area contributed by atoms with Gasteiger partial charge in [0.15, 0.2) is 0 Å². The van der Waals surface area contributed by atoms with E-state index in [2.05, 4.69) is 6.92 Å². The van der Waals surface area contributed by atoms with Crippen LogP contribution in [0, 0.1) is 0 Å². The number of hydrogen-bond donors (Lipinski definition) is 3. The first-order chi connectivity index (χ1) is 6.95. The third kappa shape index (κ3) is 63.8. The van der Waals surface area contributed by atoms with Crippen LogP contribution < -0.4 is 0 Å². The quantitative estimate of drug-likeness (QED) is 0.673. The monoisotopic (exact) mass is 222 g/mol. The number of hydrogen-bond acceptors (Lipinski definition) is 3. The lowest BCUT2D eigenvalue weighted by molar-refractivity contribution is -0.137. The molecule has 92 valence electrons. The number of rotatable bonds is 4. The fourth-order valence-corrected chi connectivity index (χ4v) is 0.158. The molecule has 0 unspecified atom stereocenters. The van der Waals surface area contributed by atoms with Gasteiger partial charge in [0.25, 0.3) is 0 Å². The lowest BCUT2D eigenvalue weighted by Crippen LogP contribution is -1.86. The van der Waals surface area contributed by atoms with Crippen LogP contribution in [-0.4, -0.2) is 33.9 Å². The van der Waals surface area contributed by atoms with Crippen LogP contribution in [0.15, 0.2) is 0 Å². The molecule has 0 atom stereocenters. The van der Waals surface area contributed by atoms with E-state index in [1.165, 1.54) is 0 Å². The van der Waals surface area contributed by atoms with E-state index in [1.54, 1.807) is 13.8 Å². The van der Waals surface area contributed by atoms with Crippen LogP contribution in [0.5, 0.6) is 0 Å². The highest BCUT2D eigenvalue weighted by Crippen LogP contribution is 1.78. The summed E-state index contributed by atoms with van der Waals surface area (Å²) in [4.78, 5) is 18.7. The van der Waals surface area contributed by atoms with Crippen molar-refractivity contribution in [2.24, 2.45) is 0 Å². The molecule has 0 aromatic heterocycles. The Balaban J connectivity index is -0.000000144. The van der Waals surface area contributed by atoms with Gasteiger partial charge in [-0.05, 0) is 6.42 Å². The van der Waals surface area contributed by atoms with Gasteiger partial charge in [-0.1, -0.05) is 27.2 Å². The molecular formula is C10H22O5. The maximum absolute atomic E-state index is 9.37. The molecule has 5 nitrogen and oxygen atoms in total. The number of carboxylic acids is 2. The van der Waals surface area contributed by atoms with Gasteiger partial charge in [-0.15, -0.1) is 0 Å². The van der Waals surface area contributed by atoms with Crippen LogP contribution in [0.2, 0.25) is 0 Å². The lowest BCUT2D eigenvalue weighted by Gasteiger charge is -1.79. The molecule has 3 N–H and O–H groups in total. The lowest BCUT2D eigenvalue weighted by atomic mass is 10.4. The Bertz CT molecular complexity index is 129. The number of aliphatic carboxylic acids is 2. The zero-order valence-corrected chi connectivity index (χ0v) is 9.69. The molecule has 0 amide bonds. The highest BCUT2D eigenvalue weighted by atomic mass is 16.4. The molecule has 0 rings (SSSR count). The molecule has 0 aromatic carbocycles. The van der Waals surface area contributed by atoms with Crippen molar-refractivity contribution < 1.29 is 24.9 Å². The van der Waals surface area contributed by atoms with Gasteiger partial charge in [0.05, 0.1) is 0 Å². The van der Waals surface area contributed by atoms with Crippen LogP contribution in [0.1, 0.15) is 46.5 Å². The van der Waals surface area contributed by atoms with Gasteiger partial charge in [-0.3, -0.25) is 9.59 Å². The molecule has 0 fully saturated rings. The predicted molar refractivity (Wildman–Crippen MR) is 57.8 cm³/mol. The first-order valence-corrected chi connectivity index (χ1v) is 5.00. The minimum Gasteiger partial charge on any atom is -0.481 e. The summed E-state index contributed by atoms with van der Waals surface area (Å²) in [5.74, 6) is -1.49. The summed E-state index contributed by atoms with van der Waals surface area (Å²) in [7, 11) is 0. The Morgan fingerprint density at radius 1 is 0.933 bits per heavy atom. The Morgan fingerprint density at radius 3 is 1.20 bits per heavy atom. The van der Waals surface area contributed by atoms with E-state index in [4.69, 9.17) is 15.3 Å². The van der Waals surface area contributed by atoms with Crippen molar-refractivity contribution in [2.75, 3.05) is 6.61 Å². The zero-order valence-electron chi connectivity index (χ0n) is 9.69. The van der Waals surface area contributed by atoms with Crippen LogP contribution in [-0.2, 0) is 9.59 Å². The minimum absolute atomic E-state index is 0.222. The van der Waals surface area contributed by atoms with E-state index in [1.807, 2.05) is 0 Å². The molecule has 0 saturated carbocycles. The summed E-state index contributed by atoms with van der Waals surface area (Å²) in [6.45, 7) is 5.59. The average molecular weight is 222 g/mol. The van der Waals surface area contributed by atoms with Crippen LogP contribution >= 0.6 is 0 Å². The molecule has 0 aliphatic heterocycles. The predicted octanol–water partition coefficient (Wildman–Crippen LogP) is 1.74. The molecule has 0 spiro atoms. The highest BCUT2D eigenvalue weighted by molar-refractivity contribution is 5.66. The fourth-order valence-electron chi connectivity index (χ4n) is 0.158. The number of aliphatic hydroxyl groups excluding tert-OH is 1. The zero-order chi connectivity index (χ0) is 12.7. The van der Waals surface area contributed by atoms with Gasteiger partial charge in [0.1, 0.15) is 0 Å². The SMILES string of the molecule is CCC(=O)O.CCC(=O)O.CCCCO. The minimum atomic E-state index is -0.745. The highest BCUT2D eigenvalue weighted by Gasteiger charge is 1.81. The van der Waals surface area contributed by atoms with Gasteiger partial charge >= 0.3 is 11.9 Å². The summed E-state index contributed by atoms with van der Waals surface area (Å²) in [5, 5.41) is 23.5. The number of carboxylic acid groups (broad SMARTS) is 2. The van der Waals surface area contributed by atoms with E-state index in [-0.39, 0.29) is 12.8 Å². The van der Waals surface area contributed by atoms with Crippen molar-refractivity contribution in [3.05, 3.63) is 0 Å². The Morgan fingerprint density at radius 2 is 1.20 bits per heavy atom. The Labute approximate surface area is 90.7 Å². The first kappa shape index (κ1) is 19.5. The largest absolute Gasteiger partial charge is 0.481 e. The van der Waals surface area contributed by atoms with Crippen LogP contribution in [0.4, 0.5) is 0 Å². The Kier molecular flexibility index (Phi) is 24.2. The molecule has 0 heterocycles. The Hall–Kier alpha value is -1.10. The average Bonchev–Trinajstić information content (AvgIpc) is 2.20. The maximum atomic E-state index is 9.37. The van der Waals surface area contributed by atoms with Gasteiger partial charge in [0, 0.05) is 19.4 Å². The molecule has 0 saturated heterocycles. The topological polar surface area (TPSA) is 94.8 Å². The molecule has 15 heavy (non-hydrogen) atoms.